The summed E-state index contributed by atoms with van der Waals surface area (Å²) in [4.78, 5) is 11.9. The minimum Gasteiger partial charge on any atom is -0.494 e. The Hall–Kier alpha value is -2.80. The molecule has 0 radical (unpaired) electrons. The van der Waals surface area contributed by atoms with Crippen molar-refractivity contribution in [2.24, 2.45) is 0 Å². The molecule has 29 heavy (non-hydrogen) atoms. The lowest BCUT2D eigenvalue weighted by molar-refractivity contribution is -0.116. The van der Waals surface area contributed by atoms with Gasteiger partial charge in [-0.1, -0.05) is 17.7 Å². The number of nitrogens with one attached hydrogen (secondary N) is 1. The summed E-state index contributed by atoms with van der Waals surface area (Å²) in [5.74, 6) is 0.593. The van der Waals surface area contributed by atoms with Gasteiger partial charge in [-0.3, -0.25) is 4.79 Å². The van der Waals surface area contributed by atoms with Crippen LogP contribution in [0.5, 0.6) is 17.2 Å². The number of unbranched alkanes of at least 4 members (excludes halogenated alkanes) is 1. The summed E-state index contributed by atoms with van der Waals surface area (Å²) < 4.78 is 39.6. The van der Waals surface area contributed by atoms with E-state index in [2.05, 4.69) is 10.1 Å². The van der Waals surface area contributed by atoms with Crippen LogP contribution in [0.1, 0.15) is 18.4 Å². The van der Waals surface area contributed by atoms with Crippen LogP contribution in [0.2, 0.25) is 5.02 Å². The Morgan fingerprint density at radius 1 is 1.14 bits per heavy atom. The minimum atomic E-state index is -2.94. The molecule has 0 aromatic heterocycles. The largest absolute Gasteiger partial charge is 0.494 e. The Labute approximate surface area is 173 Å². The average Bonchev–Trinajstić information content (AvgIpc) is 2.70. The number of halogens is 3. The van der Waals surface area contributed by atoms with Crippen molar-refractivity contribution < 1.29 is 27.8 Å². The summed E-state index contributed by atoms with van der Waals surface area (Å²) in [5.41, 5.74) is 0.620. The Balaban J connectivity index is 1.69. The lowest BCUT2D eigenvalue weighted by Gasteiger charge is -2.10. The minimum absolute atomic E-state index is 0.0649. The maximum Gasteiger partial charge on any atom is 0.387 e. The predicted molar refractivity (Wildman–Crippen MR) is 108 cm³/mol. The van der Waals surface area contributed by atoms with Crippen molar-refractivity contribution >= 4 is 23.6 Å². The fourth-order valence-corrected chi connectivity index (χ4v) is 2.50. The molecule has 0 saturated carbocycles. The van der Waals surface area contributed by atoms with E-state index in [1.165, 1.54) is 25.3 Å². The second kappa shape index (κ2) is 11.9. The van der Waals surface area contributed by atoms with Gasteiger partial charge in [-0.05, 0) is 60.9 Å². The molecule has 0 heterocycles. The molecule has 2 aromatic carbocycles. The van der Waals surface area contributed by atoms with Gasteiger partial charge in [0.2, 0.25) is 5.91 Å². The Bertz CT molecular complexity index is 813. The highest BCUT2D eigenvalue weighted by molar-refractivity contribution is 6.30. The fourth-order valence-electron chi connectivity index (χ4n) is 2.37. The van der Waals surface area contributed by atoms with Gasteiger partial charge >= 0.3 is 6.61 Å². The smallest absolute Gasteiger partial charge is 0.387 e. The second-order valence-corrected chi connectivity index (χ2v) is 6.36. The van der Waals surface area contributed by atoms with E-state index in [0.717, 1.165) is 18.6 Å². The molecule has 5 nitrogen and oxygen atoms in total. The molecule has 2 rings (SSSR count). The number of hydrogen-bond acceptors (Lipinski definition) is 4. The number of rotatable bonds is 11. The van der Waals surface area contributed by atoms with E-state index in [4.69, 9.17) is 21.1 Å². The van der Waals surface area contributed by atoms with Crippen LogP contribution in [0.4, 0.5) is 8.78 Å². The lowest BCUT2D eigenvalue weighted by atomic mass is 10.2. The maximum atomic E-state index is 12.3. The first-order valence-corrected chi connectivity index (χ1v) is 9.33. The first kappa shape index (κ1) is 22.5. The number of hydrogen-bond donors (Lipinski definition) is 1. The third-order valence-corrected chi connectivity index (χ3v) is 4.04. The monoisotopic (exact) mass is 425 g/mol. The van der Waals surface area contributed by atoms with E-state index in [-0.39, 0.29) is 17.4 Å². The third-order valence-electron chi connectivity index (χ3n) is 3.78. The zero-order valence-corrected chi connectivity index (χ0v) is 16.6. The zero-order valence-electron chi connectivity index (χ0n) is 15.9. The van der Waals surface area contributed by atoms with Gasteiger partial charge in [0.1, 0.15) is 5.75 Å². The SMILES string of the molecule is COc1cc(/C=C/C(=O)NCCCCOc2ccc(Cl)cc2)ccc1OC(F)F. The van der Waals surface area contributed by atoms with Crippen molar-refractivity contribution in [2.75, 3.05) is 20.3 Å². The Morgan fingerprint density at radius 2 is 1.90 bits per heavy atom. The van der Waals surface area contributed by atoms with Crippen LogP contribution in [0.15, 0.2) is 48.5 Å². The standard InChI is InChI=1S/C21H22ClF2NO4/c1-27-19-14-15(4-10-18(19)29-21(23)24)5-11-20(26)25-12-2-3-13-28-17-8-6-16(22)7-9-17/h4-11,14,21H,2-3,12-13H2,1H3,(H,25,26)/b11-5+. The van der Waals surface area contributed by atoms with Crippen molar-refractivity contribution in [3.05, 3.63) is 59.1 Å². The van der Waals surface area contributed by atoms with Gasteiger partial charge in [0, 0.05) is 17.6 Å². The normalized spacial score (nSPS) is 10.9. The summed E-state index contributed by atoms with van der Waals surface area (Å²) in [5, 5.41) is 3.43. The first-order chi connectivity index (χ1) is 14.0. The summed E-state index contributed by atoms with van der Waals surface area (Å²) >= 11 is 5.81. The van der Waals surface area contributed by atoms with Gasteiger partial charge in [0.05, 0.1) is 13.7 Å². The van der Waals surface area contributed by atoms with Gasteiger partial charge in [-0.15, -0.1) is 0 Å². The van der Waals surface area contributed by atoms with E-state index < -0.39 is 6.61 Å². The molecule has 2 aromatic rings. The fraction of sp³-hybridized carbons (Fsp3) is 0.286. The molecule has 1 amide bonds. The van der Waals surface area contributed by atoms with Crippen LogP contribution in [0.3, 0.4) is 0 Å². The number of amides is 1. The van der Waals surface area contributed by atoms with Crippen LogP contribution in [0, 0.1) is 0 Å². The second-order valence-electron chi connectivity index (χ2n) is 5.92. The lowest BCUT2D eigenvalue weighted by Crippen LogP contribution is -2.22. The molecular weight excluding hydrogens is 404 g/mol. The molecule has 8 heteroatoms. The Morgan fingerprint density at radius 3 is 2.59 bits per heavy atom. The molecule has 0 aliphatic heterocycles. The average molecular weight is 426 g/mol. The van der Waals surface area contributed by atoms with Crippen molar-refractivity contribution in [3.8, 4) is 17.2 Å². The number of carbonyl (C=O) groups excluding carboxylic acids is 1. The van der Waals surface area contributed by atoms with Crippen LogP contribution in [-0.2, 0) is 4.79 Å². The molecule has 0 atom stereocenters. The molecule has 0 aliphatic rings. The molecule has 1 N–H and O–H groups in total. The Kier molecular flexibility index (Phi) is 9.24. The highest BCUT2D eigenvalue weighted by Gasteiger charge is 2.10. The maximum absolute atomic E-state index is 12.3. The molecule has 0 spiro atoms. The van der Waals surface area contributed by atoms with Gasteiger partial charge < -0.3 is 19.5 Å². The number of methoxy groups -OCH3 is 1. The molecule has 156 valence electrons. The summed E-state index contributed by atoms with van der Waals surface area (Å²) in [6, 6.07) is 11.6. The van der Waals surface area contributed by atoms with Gasteiger partial charge in [0.25, 0.3) is 0 Å². The molecular formula is C21H22ClF2NO4. The van der Waals surface area contributed by atoms with E-state index >= 15 is 0 Å². The molecule has 0 fully saturated rings. The number of carbonyl (C=O) groups is 1. The van der Waals surface area contributed by atoms with E-state index in [0.29, 0.717) is 23.7 Å². The highest BCUT2D eigenvalue weighted by Crippen LogP contribution is 2.29. The van der Waals surface area contributed by atoms with Crippen LogP contribution >= 0.6 is 11.6 Å². The number of ether oxygens (including phenoxy) is 3. The summed E-state index contributed by atoms with van der Waals surface area (Å²) in [7, 11) is 1.35. The van der Waals surface area contributed by atoms with E-state index in [1.807, 2.05) is 0 Å². The molecule has 0 bridgehead atoms. The predicted octanol–water partition coefficient (Wildman–Crippen LogP) is 4.94. The van der Waals surface area contributed by atoms with Crippen molar-refractivity contribution in [2.45, 2.75) is 19.5 Å². The van der Waals surface area contributed by atoms with Crippen LogP contribution in [0.25, 0.3) is 6.08 Å². The summed E-state index contributed by atoms with van der Waals surface area (Å²) in [6.45, 7) is -1.88. The van der Waals surface area contributed by atoms with Gasteiger partial charge in [-0.2, -0.15) is 8.78 Å². The van der Waals surface area contributed by atoms with Crippen molar-refractivity contribution in [1.82, 2.24) is 5.32 Å². The topological polar surface area (TPSA) is 56.8 Å². The molecule has 0 saturated heterocycles. The number of benzene rings is 2. The zero-order chi connectivity index (χ0) is 21.1. The highest BCUT2D eigenvalue weighted by atomic mass is 35.5. The quantitative estimate of drug-likeness (QED) is 0.409. The number of alkyl halides is 2. The third kappa shape index (κ3) is 8.39. The van der Waals surface area contributed by atoms with Gasteiger partial charge in [0.15, 0.2) is 11.5 Å². The first-order valence-electron chi connectivity index (χ1n) is 8.95. The van der Waals surface area contributed by atoms with E-state index in [9.17, 15) is 13.6 Å². The van der Waals surface area contributed by atoms with E-state index in [1.54, 1.807) is 36.4 Å². The van der Waals surface area contributed by atoms with Crippen molar-refractivity contribution in [1.29, 1.82) is 0 Å². The summed E-state index contributed by atoms with van der Waals surface area (Å²) in [6.07, 6.45) is 4.48. The molecule has 0 unspecified atom stereocenters. The van der Waals surface area contributed by atoms with Crippen molar-refractivity contribution in [3.63, 3.8) is 0 Å². The molecule has 0 aliphatic carbocycles. The van der Waals surface area contributed by atoms with Crippen LogP contribution < -0.4 is 19.5 Å². The van der Waals surface area contributed by atoms with Crippen LogP contribution in [-0.4, -0.2) is 32.8 Å². The van der Waals surface area contributed by atoms with Gasteiger partial charge in [-0.25, -0.2) is 0 Å².